The lowest BCUT2D eigenvalue weighted by Crippen LogP contribution is -2.25. The van der Waals surface area contributed by atoms with Crippen molar-refractivity contribution in [2.24, 2.45) is 0 Å². The maximum Gasteiger partial charge on any atom is 0.255 e. The van der Waals surface area contributed by atoms with Gasteiger partial charge in [0.1, 0.15) is 18.1 Å². The maximum atomic E-state index is 12.2. The monoisotopic (exact) mass is 364 g/mol. The van der Waals surface area contributed by atoms with Gasteiger partial charge in [0, 0.05) is 11.0 Å². The first-order valence-electron chi connectivity index (χ1n) is 6.74. The fourth-order valence-corrected chi connectivity index (χ4v) is 2.05. The molecule has 2 aromatic rings. The Morgan fingerprint density at radius 1 is 1.41 bits per heavy atom. The van der Waals surface area contributed by atoms with E-state index < -0.39 is 0 Å². The van der Waals surface area contributed by atoms with Gasteiger partial charge in [0.05, 0.1) is 16.8 Å². The number of aryl methyl sites for hydroxylation is 2. The smallest absolute Gasteiger partial charge is 0.255 e. The molecule has 0 saturated heterocycles. The zero-order valence-electron chi connectivity index (χ0n) is 12.5. The van der Waals surface area contributed by atoms with Crippen molar-refractivity contribution < 1.29 is 14.1 Å². The van der Waals surface area contributed by atoms with Gasteiger partial charge >= 0.3 is 0 Å². The molecule has 116 valence electrons. The van der Waals surface area contributed by atoms with Crippen LogP contribution >= 0.6 is 15.9 Å². The Labute approximate surface area is 137 Å². The van der Waals surface area contributed by atoms with Crippen molar-refractivity contribution >= 4 is 21.8 Å². The van der Waals surface area contributed by atoms with Crippen LogP contribution in [0.5, 0.6) is 5.75 Å². The lowest BCUT2D eigenvalue weighted by Gasteiger charge is -2.11. The van der Waals surface area contributed by atoms with Gasteiger partial charge in [-0.05, 0) is 26.0 Å². The summed E-state index contributed by atoms with van der Waals surface area (Å²) in [4.78, 5) is 12.2. The summed E-state index contributed by atoms with van der Waals surface area (Å²) in [5.41, 5.74) is 2.15. The van der Waals surface area contributed by atoms with E-state index in [9.17, 15) is 4.79 Å². The SMILES string of the molecule is C=C(Br)CNC(=O)c1ccccc1OCc1c(C)noc1C. The number of aromatic nitrogens is 1. The fourth-order valence-electron chi connectivity index (χ4n) is 1.91. The highest BCUT2D eigenvalue weighted by Gasteiger charge is 2.14. The lowest BCUT2D eigenvalue weighted by molar-refractivity contribution is 0.0953. The van der Waals surface area contributed by atoms with Gasteiger partial charge in [-0.15, -0.1) is 0 Å². The minimum Gasteiger partial charge on any atom is -0.488 e. The minimum absolute atomic E-state index is 0.213. The van der Waals surface area contributed by atoms with E-state index >= 15 is 0 Å². The molecule has 0 spiro atoms. The highest BCUT2D eigenvalue weighted by molar-refractivity contribution is 9.11. The van der Waals surface area contributed by atoms with E-state index in [-0.39, 0.29) is 5.91 Å². The van der Waals surface area contributed by atoms with Crippen LogP contribution in [-0.4, -0.2) is 17.6 Å². The Balaban J connectivity index is 2.11. The van der Waals surface area contributed by atoms with Gasteiger partial charge in [0.15, 0.2) is 0 Å². The second kappa shape index (κ2) is 7.26. The normalized spacial score (nSPS) is 10.3. The van der Waals surface area contributed by atoms with Crippen LogP contribution in [-0.2, 0) is 6.61 Å². The third-order valence-corrected chi connectivity index (χ3v) is 3.41. The number of nitrogens with one attached hydrogen (secondary N) is 1. The molecule has 6 heteroatoms. The fraction of sp³-hybridized carbons (Fsp3) is 0.250. The topological polar surface area (TPSA) is 64.4 Å². The molecule has 0 aliphatic rings. The highest BCUT2D eigenvalue weighted by Crippen LogP contribution is 2.21. The third kappa shape index (κ3) is 3.98. The number of benzene rings is 1. The largest absolute Gasteiger partial charge is 0.488 e. The van der Waals surface area contributed by atoms with E-state index in [1.54, 1.807) is 18.2 Å². The molecule has 5 nitrogen and oxygen atoms in total. The Morgan fingerprint density at radius 3 is 2.77 bits per heavy atom. The molecule has 0 fully saturated rings. The van der Waals surface area contributed by atoms with Crippen molar-refractivity contribution in [2.45, 2.75) is 20.5 Å². The molecule has 0 aliphatic heterocycles. The number of para-hydroxylation sites is 1. The Hall–Kier alpha value is -2.08. The van der Waals surface area contributed by atoms with Crippen LogP contribution in [0.1, 0.15) is 27.4 Å². The van der Waals surface area contributed by atoms with Gasteiger partial charge in [-0.2, -0.15) is 0 Å². The summed E-state index contributed by atoms with van der Waals surface area (Å²) in [5.74, 6) is 1.02. The molecular formula is C16H17BrN2O3. The van der Waals surface area contributed by atoms with Crippen LogP contribution in [0.2, 0.25) is 0 Å². The lowest BCUT2D eigenvalue weighted by atomic mass is 10.2. The Bertz CT molecular complexity index is 675. The van der Waals surface area contributed by atoms with Crippen LogP contribution < -0.4 is 10.1 Å². The second-order valence-electron chi connectivity index (χ2n) is 4.79. The molecule has 1 N–H and O–H groups in total. The number of hydrogen-bond donors (Lipinski definition) is 1. The molecule has 1 amide bonds. The number of carbonyl (C=O) groups is 1. The second-order valence-corrected chi connectivity index (χ2v) is 5.91. The van der Waals surface area contributed by atoms with E-state index in [1.807, 2.05) is 19.9 Å². The van der Waals surface area contributed by atoms with Crippen LogP contribution in [0.4, 0.5) is 0 Å². The van der Waals surface area contributed by atoms with Crippen LogP contribution in [0, 0.1) is 13.8 Å². The summed E-state index contributed by atoms with van der Waals surface area (Å²) in [6, 6.07) is 7.09. The third-order valence-electron chi connectivity index (χ3n) is 3.13. The first kappa shape index (κ1) is 16.3. The summed E-state index contributed by atoms with van der Waals surface area (Å²) in [6.07, 6.45) is 0. The summed E-state index contributed by atoms with van der Waals surface area (Å²) in [5, 5.41) is 6.64. The Kier molecular flexibility index (Phi) is 5.38. The van der Waals surface area contributed by atoms with Crippen molar-refractivity contribution in [3.8, 4) is 5.75 Å². The summed E-state index contributed by atoms with van der Waals surface area (Å²) >= 11 is 3.21. The van der Waals surface area contributed by atoms with E-state index in [0.717, 1.165) is 17.0 Å². The molecule has 1 aromatic heterocycles. The number of ether oxygens (including phenoxy) is 1. The van der Waals surface area contributed by atoms with Gasteiger partial charge in [-0.25, -0.2) is 0 Å². The molecule has 0 aliphatic carbocycles. The van der Waals surface area contributed by atoms with E-state index in [1.165, 1.54) is 0 Å². The molecule has 0 saturated carbocycles. The van der Waals surface area contributed by atoms with Crippen molar-refractivity contribution in [3.05, 3.63) is 57.9 Å². The highest BCUT2D eigenvalue weighted by atomic mass is 79.9. The standard InChI is InChI=1S/C16H17BrN2O3/c1-10(17)8-18-16(20)13-6-4-5-7-15(13)21-9-14-11(2)19-22-12(14)3/h4-7H,1,8-9H2,2-3H3,(H,18,20). The van der Waals surface area contributed by atoms with E-state index in [4.69, 9.17) is 9.26 Å². The first-order valence-corrected chi connectivity index (χ1v) is 7.53. The van der Waals surface area contributed by atoms with Crippen LogP contribution in [0.25, 0.3) is 0 Å². The molecule has 0 unspecified atom stereocenters. The predicted octanol–water partition coefficient (Wildman–Crippen LogP) is 3.51. The minimum atomic E-state index is -0.213. The van der Waals surface area contributed by atoms with Gasteiger partial charge in [-0.1, -0.05) is 39.8 Å². The van der Waals surface area contributed by atoms with Crippen LogP contribution in [0.3, 0.4) is 0 Å². The number of amides is 1. The van der Waals surface area contributed by atoms with Gasteiger partial charge < -0.3 is 14.6 Å². The molecule has 1 aromatic carbocycles. The molecule has 0 bridgehead atoms. The number of carbonyl (C=O) groups excluding carboxylic acids is 1. The van der Waals surface area contributed by atoms with Crippen molar-refractivity contribution in [1.82, 2.24) is 10.5 Å². The molecule has 0 radical (unpaired) electrons. The zero-order chi connectivity index (χ0) is 16.1. The quantitative estimate of drug-likeness (QED) is 0.851. The number of rotatable bonds is 6. The van der Waals surface area contributed by atoms with Crippen molar-refractivity contribution in [2.75, 3.05) is 6.54 Å². The van der Waals surface area contributed by atoms with Gasteiger partial charge in [0.2, 0.25) is 0 Å². The maximum absolute atomic E-state index is 12.2. The number of hydrogen-bond acceptors (Lipinski definition) is 4. The zero-order valence-corrected chi connectivity index (χ0v) is 14.1. The molecule has 2 rings (SSSR count). The Morgan fingerprint density at radius 2 is 2.14 bits per heavy atom. The summed E-state index contributed by atoms with van der Waals surface area (Å²) in [6.45, 7) is 8.04. The summed E-state index contributed by atoms with van der Waals surface area (Å²) in [7, 11) is 0. The average molecular weight is 365 g/mol. The molecule has 1 heterocycles. The summed E-state index contributed by atoms with van der Waals surface area (Å²) < 4.78 is 11.6. The van der Waals surface area contributed by atoms with Crippen molar-refractivity contribution in [3.63, 3.8) is 0 Å². The van der Waals surface area contributed by atoms with Gasteiger partial charge in [0.25, 0.3) is 5.91 Å². The molecular weight excluding hydrogens is 348 g/mol. The van der Waals surface area contributed by atoms with Crippen molar-refractivity contribution in [1.29, 1.82) is 0 Å². The number of nitrogens with zero attached hydrogens (tertiary/aromatic N) is 1. The van der Waals surface area contributed by atoms with E-state index in [0.29, 0.717) is 28.9 Å². The van der Waals surface area contributed by atoms with Crippen LogP contribution in [0.15, 0.2) is 39.8 Å². The van der Waals surface area contributed by atoms with E-state index in [2.05, 4.69) is 33.0 Å². The molecule has 22 heavy (non-hydrogen) atoms. The predicted molar refractivity (Wildman–Crippen MR) is 87.2 cm³/mol. The van der Waals surface area contributed by atoms with Gasteiger partial charge in [-0.3, -0.25) is 4.79 Å². The number of halogens is 1. The molecule has 0 atom stereocenters. The average Bonchev–Trinajstić information content (AvgIpc) is 2.82. The first-order chi connectivity index (χ1) is 10.5.